The third kappa shape index (κ3) is 2.53. The largest absolute Gasteiger partial charge is 0.454 e. The van der Waals surface area contributed by atoms with E-state index in [0.29, 0.717) is 11.5 Å². The van der Waals surface area contributed by atoms with E-state index in [2.05, 4.69) is 10.6 Å². The number of imide groups is 1. The van der Waals surface area contributed by atoms with Gasteiger partial charge in [0.2, 0.25) is 12.7 Å². The summed E-state index contributed by atoms with van der Waals surface area (Å²) in [4.78, 5) is 37.7. The van der Waals surface area contributed by atoms with E-state index >= 15 is 0 Å². The minimum atomic E-state index is -1.12. The lowest BCUT2D eigenvalue weighted by atomic mass is 9.92. The highest BCUT2D eigenvalue weighted by molar-refractivity contribution is 6.09. The topological polar surface area (TPSA) is 97.0 Å². The van der Waals surface area contributed by atoms with Crippen LogP contribution < -0.4 is 20.1 Å². The van der Waals surface area contributed by atoms with Gasteiger partial charge in [0.1, 0.15) is 11.6 Å². The number of carbonyl (C=O) groups is 3. The number of urea groups is 1. The van der Waals surface area contributed by atoms with Crippen LogP contribution in [-0.4, -0.2) is 48.2 Å². The first-order valence-electron chi connectivity index (χ1n) is 7.61. The Labute approximate surface area is 139 Å². The predicted molar refractivity (Wildman–Crippen MR) is 83.6 cm³/mol. The van der Waals surface area contributed by atoms with Crippen molar-refractivity contribution in [3.63, 3.8) is 0 Å². The van der Waals surface area contributed by atoms with Gasteiger partial charge in [-0.05, 0) is 31.5 Å². The second kappa shape index (κ2) is 5.70. The van der Waals surface area contributed by atoms with Gasteiger partial charge in [0.25, 0.3) is 5.91 Å². The Hall–Kier alpha value is -2.77. The first-order valence-corrected chi connectivity index (χ1v) is 7.61. The van der Waals surface area contributed by atoms with Crippen LogP contribution in [0.4, 0.5) is 4.79 Å². The molecule has 3 rings (SSSR count). The molecule has 0 aliphatic carbocycles. The van der Waals surface area contributed by atoms with Gasteiger partial charge in [0, 0.05) is 13.5 Å². The van der Waals surface area contributed by atoms with Crippen molar-refractivity contribution in [1.29, 1.82) is 0 Å². The van der Waals surface area contributed by atoms with Crippen molar-refractivity contribution >= 4 is 17.8 Å². The Bertz CT molecular complexity index is 720. The molecule has 0 spiro atoms. The minimum Gasteiger partial charge on any atom is -0.454 e. The van der Waals surface area contributed by atoms with Crippen LogP contribution in [0, 0.1) is 0 Å². The molecule has 2 N–H and O–H groups in total. The van der Waals surface area contributed by atoms with Gasteiger partial charge in [0.05, 0.1) is 0 Å². The standard InChI is InChI=1S/C16H19N3O5/c1-9(13(20)17-3)19-14(21)16(2,18-15(19)22)7-10-4-5-11-12(6-10)24-8-23-11/h4-6,9H,7-8H2,1-3H3,(H,17,20)(H,18,22)/t9-,16-/m1/s1. The molecular weight excluding hydrogens is 314 g/mol. The zero-order chi connectivity index (χ0) is 17.5. The Morgan fingerprint density at radius 1 is 1.38 bits per heavy atom. The number of hydrogen-bond acceptors (Lipinski definition) is 5. The third-order valence-electron chi connectivity index (χ3n) is 4.30. The van der Waals surface area contributed by atoms with Crippen molar-refractivity contribution in [2.24, 2.45) is 0 Å². The molecule has 0 saturated carbocycles. The fourth-order valence-corrected chi connectivity index (χ4v) is 2.96. The number of nitrogens with one attached hydrogen (secondary N) is 2. The molecule has 4 amide bonds. The summed E-state index contributed by atoms with van der Waals surface area (Å²) in [6.07, 6.45) is 0.283. The average Bonchev–Trinajstić information content (AvgIpc) is 3.08. The molecule has 1 aromatic carbocycles. The van der Waals surface area contributed by atoms with E-state index in [1.54, 1.807) is 19.1 Å². The number of rotatable bonds is 4. The zero-order valence-corrected chi connectivity index (χ0v) is 13.7. The fraction of sp³-hybridized carbons (Fsp3) is 0.438. The summed E-state index contributed by atoms with van der Waals surface area (Å²) in [5.41, 5.74) is -0.294. The van der Waals surface area contributed by atoms with E-state index in [9.17, 15) is 14.4 Å². The number of nitrogens with zero attached hydrogens (tertiary/aromatic N) is 1. The van der Waals surface area contributed by atoms with Crippen LogP contribution in [0.15, 0.2) is 18.2 Å². The van der Waals surface area contributed by atoms with Crippen molar-refractivity contribution < 1.29 is 23.9 Å². The van der Waals surface area contributed by atoms with E-state index in [-0.39, 0.29) is 13.2 Å². The van der Waals surface area contributed by atoms with Crippen molar-refractivity contribution in [2.75, 3.05) is 13.8 Å². The molecule has 2 aliphatic rings. The van der Waals surface area contributed by atoms with Crippen LogP contribution in [0.25, 0.3) is 0 Å². The summed E-state index contributed by atoms with van der Waals surface area (Å²) >= 11 is 0. The Balaban J connectivity index is 1.82. The highest BCUT2D eigenvalue weighted by Gasteiger charge is 2.50. The molecule has 2 aliphatic heterocycles. The Kier molecular flexibility index (Phi) is 3.82. The highest BCUT2D eigenvalue weighted by atomic mass is 16.7. The maximum atomic E-state index is 12.7. The van der Waals surface area contributed by atoms with Gasteiger partial charge < -0.3 is 20.1 Å². The summed E-state index contributed by atoms with van der Waals surface area (Å²) in [7, 11) is 1.46. The van der Waals surface area contributed by atoms with E-state index in [0.717, 1.165) is 10.5 Å². The van der Waals surface area contributed by atoms with Gasteiger partial charge in [-0.1, -0.05) is 6.07 Å². The second-order valence-corrected chi connectivity index (χ2v) is 6.09. The molecule has 8 nitrogen and oxygen atoms in total. The van der Waals surface area contributed by atoms with E-state index < -0.39 is 29.4 Å². The molecule has 2 heterocycles. The van der Waals surface area contributed by atoms with Crippen LogP contribution in [0.2, 0.25) is 0 Å². The molecule has 0 radical (unpaired) electrons. The quantitative estimate of drug-likeness (QED) is 0.778. The molecule has 0 aromatic heterocycles. The lowest BCUT2D eigenvalue weighted by Crippen LogP contribution is -2.49. The van der Waals surface area contributed by atoms with Gasteiger partial charge in [-0.25, -0.2) is 9.69 Å². The lowest BCUT2D eigenvalue weighted by Gasteiger charge is -2.24. The van der Waals surface area contributed by atoms with Gasteiger partial charge in [-0.3, -0.25) is 9.59 Å². The minimum absolute atomic E-state index is 0.170. The summed E-state index contributed by atoms with van der Waals surface area (Å²) in [6.45, 7) is 3.33. The van der Waals surface area contributed by atoms with Crippen LogP contribution >= 0.6 is 0 Å². The fourth-order valence-electron chi connectivity index (χ4n) is 2.96. The number of benzene rings is 1. The summed E-state index contributed by atoms with van der Waals surface area (Å²) in [5.74, 6) is 0.441. The first kappa shape index (κ1) is 16.1. The van der Waals surface area contributed by atoms with Crippen molar-refractivity contribution in [2.45, 2.75) is 31.8 Å². The molecule has 1 fully saturated rings. The Morgan fingerprint density at radius 2 is 2.08 bits per heavy atom. The molecule has 24 heavy (non-hydrogen) atoms. The number of carbonyl (C=O) groups excluding carboxylic acids is 3. The van der Waals surface area contributed by atoms with Crippen LogP contribution in [0.1, 0.15) is 19.4 Å². The zero-order valence-electron chi connectivity index (χ0n) is 13.7. The second-order valence-electron chi connectivity index (χ2n) is 6.09. The highest BCUT2D eigenvalue weighted by Crippen LogP contribution is 2.34. The molecule has 0 bridgehead atoms. The molecule has 1 saturated heterocycles. The maximum Gasteiger partial charge on any atom is 0.325 e. The van der Waals surface area contributed by atoms with Crippen LogP contribution in [0.3, 0.4) is 0 Å². The van der Waals surface area contributed by atoms with Crippen molar-refractivity contribution in [1.82, 2.24) is 15.5 Å². The molecule has 8 heteroatoms. The predicted octanol–water partition coefficient (Wildman–Crippen LogP) is 0.403. The van der Waals surface area contributed by atoms with E-state index in [4.69, 9.17) is 9.47 Å². The number of hydrogen-bond donors (Lipinski definition) is 2. The summed E-state index contributed by atoms with van der Waals surface area (Å²) < 4.78 is 10.6. The van der Waals surface area contributed by atoms with Gasteiger partial charge in [-0.15, -0.1) is 0 Å². The van der Waals surface area contributed by atoms with Gasteiger partial charge >= 0.3 is 6.03 Å². The van der Waals surface area contributed by atoms with Crippen LogP contribution in [-0.2, 0) is 16.0 Å². The lowest BCUT2D eigenvalue weighted by molar-refractivity contribution is -0.137. The van der Waals surface area contributed by atoms with Crippen molar-refractivity contribution in [3.05, 3.63) is 23.8 Å². The number of amides is 4. The summed E-state index contributed by atoms with van der Waals surface area (Å²) in [5, 5.41) is 5.14. The molecular formula is C16H19N3O5. The normalized spacial score (nSPS) is 23.2. The monoisotopic (exact) mass is 333 g/mol. The van der Waals surface area contributed by atoms with E-state index in [1.165, 1.54) is 14.0 Å². The smallest absolute Gasteiger partial charge is 0.325 e. The number of likely N-dealkylation sites (N-methyl/N-ethyl adjacent to an activating group) is 1. The molecule has 1 aromatic rings. The van der Waals surface area contributed by atoms with Gasteiger partial charge in [0.15, 0.2) is 11.5 Å². The number of ether oxygens (including phenoxy) is 2. The molecule has 0 unspecified atom stereocenters. The summed E-state index contributed by atoms with van der Waals surface area (Å²) in [6, 6.07) is 3.94. The van der Waals surface area contributed by atoms with Crippen LogP contribution in [0.5, 0.6) is 11.5 Å². The van der Waals surface area contributed by atoms with Crippen molar-refractivity contribution in [3.8, 4) is 11.5 Å². The first-order chi connectivity index (χ1) is 11.4. The number of fused-ring (bicyclic) bond motifs is 1. The third-order valence-corrected chi connectivity index (χ3v) is 4.30. The SMILES string of the molecule is CNC(=O)[C@@H](C)N1C(=O)N[C@](C)(Cc2ccc3c(c2)OCO3)C1=O. The molecule has 2 atom stereocenters. The Morgan fingerprint density at radius 3 is 2.79 bits per heavy atom. The molecule has 128 valence electrons. The van der Waals surface area contributed by atoms with E-state index in [1.807, 2.05) is 6.07 Å². The average molecular weight is 333 g/mol. The van der Waals surface area contributed by atoms with Gasteiger partial charge in [-0.2, -0.15) is 0 Å². The maximum absolute atomic E-state index is 12.7.